The molecule has 0 aliphatic carbocycles. The Balaban J connectivity index is 2.26. The second-order valence-electron chi connectivity index (χ2n) is 6.65. The van der Waals surface area contributed by atoms with Gasteiger partial charge in [-0.05, 0) is 44.2 Å². The Labute approximate surface area is 148 Å². The summed E-state index contributed by atoms with van der Waals surface area (Å²) in [5, 5.41) is 0. The maximum absolute atomic E-state index is 13.0. The number of benzene rings is 1. The van der Waals surface area contributed by atoms with Gasteiger partial charge in [0.1, 0.15) is 0 Å². The van der Waals surface area contributed by atoms with Gasteiger partial charge in [-0.15, -0.1) is 0 Å². The van der Waals surface area contributed by atoms with E-state index < -0.39 is 10.0 Å². The quantitative estimate of drug-likeness (QED) is 0.491. The Morgan fingerprint density at radius 1 is 1.32 bits per heavy atom. The molecule has 0 N–H and O–H groups in total. The molecule has 2 atom stereocenters. The van der Waals surface area contributed by atoms with E-state index in [0.717, 1.165) is 29.3 Å². The van der Waals surface area contributed by atoms with Crippen LogP contribution in [0.2, 0.25) is 0 Å². The molecule has 1 aromatic carbocycles. The second kappa shape index (κ2) is 7.18. The van der Waals surface area contributed by atoms with Crippen molar-refractivity contribution in [2.45, 2.75) is 57.4 Å². The van der Waals surface area contributed by atoms with E-state index in [1.165, 1.54) is 6.42 Å². The summed E-state index contributed by atoms with van der Waals surface area (Å²) >= 11 is 2.43. The predicted molar refractivity (Wildman–Crippen MR) is 100.0 cm³/mol. The number of nitrogens with zero attached hydrogens (tertiary/aromatic N) is 1. The van der Waals surface area contributed by atoms with Crippen molar-refractivity contribution in [3.63, 3.8) is 0 Å². The van der Waals surface area contributed by atoms with Gasteiger partial charge in [0.25, 0.3) is 0 Å². The van der Waals surface area contributed by atoms with E-state index in [1.54, 1.807) is 16.4 Å². The lowest BCUT2D eigenvalue weighted by molar-refractivity contribution is 0.316. The van der Waals surface area contributed by atoms with Gasteiger partial charge in [-0.25, -0.2) is 8.42 Å². The molecule has 2 rings (SSSR count). The fourth-order valence-corrected chi connectivity index (χ4v) is 6.02. The topological polar surface area (TPSA) is 37.4 Å². The highest BCUT2D eigenvalue weighted by molar-refractivity contribution is 14.1. The summed E-state index contributed by atoms with van der Waals surface area (Å²) in [4.78, 5) is 0.421. The van der Waals surface area contributed by atoms with Crippen LogP contribution in [0.1, 0.15) is 45.1 Å². The summed E-state index contributed by atoms with van der Waals surface area (Å²) in [6.45, 7) is 6.87. The second-order valence-corrected chi connectivity index (χ2v) is 9.31. The van der Waals surface area contributed by atoms with E-state index in [1.807, 2.05) is 26.0 Å². The van der Waals surface area contributed by atoms with Crippen molar-refractivity contribution in [1.82, 2.24) is 4.31 Å². The van der Waals surface area contributed by atoms with Crippen molar-refractivity contribution in [3.8, 4) is 0 Å². The van der Waals surface area contributed by atoms with Gasteiger partial charge < -0.3 is 0 Å². The van der Waals surface area contributed by atoms with E-state index in [0.29, 0.717) is 11.4 Å². The first-order chi connectivity index (χ1) is 10.3. The van der Waals surface area contributed by atoms with Gasteiger partial charge >= 0.3 is 0 Å². The normalized spacial score (nSPS) is 26.5. The third-order valence-electron chi connectivity index (χ3n) is 4.68. The molecule has 1 fully saturated rings. The number of alkyl halides is 1. The molecule has 0 amide bonds. The lowest BCUT2D eigenvalue weighted by atomic mass is 9.83. The van der Waals surface area contributed by atoms with Crippen LogP contribution in [-0.4, -0.2) is 29.7 Å². The highest BCUT2D eigenvalue weighted by Gasteiger charge is 2.45. The molecule has 1 aliphatic heterocycles. The smallest absolute Gasteiger partial charge is 0.207 e. The largest absolute Gasteiger partial charge is 0.243 e. The number of hydrogen-bond acceptors (Lipinski definition) is 2. The first-order valence-electron chi connectivity index (χ1n) is 7.99. The number of rotatable bonds is 6. The Hall–Kier alpha value is -0.140. The zero-order valence-corrected chi connectivity index (χ0v) is 16.7. The summed E-state index contributed by atoms with van der Waals surface area (Å²) < 4.78 is 28.7. The van der Waals surface area contributed by atoms with Crippen LogP contribution in [0.15, 0.2) is 29.2 Å². The number of unbranched alkanes of at least 4 members (excludes halogenated alkanes) is 1. The Kier molecular flexibility index (Phi) is 5.94. The minimum Gasteiger partial charge on any atom is -0.207 e. The molecule has 0 aromatic heterocycles. The first kappa shape index (κ1) is 18.2. The molecule has 0 spiro atoms. The number of hydrogen-bond donors (Lipinski definition) is 0. The zero-order chi connectivity index (χ0) is 16.4. The maximum Gasteiger partial charge on any atom is 0.243 e. The van der Waals surface area contributed by atoms with Gasteiger partial charge in [-0.2, -0.15) is 4.31 Å². The van der Waals surface area contributed by atoms with Crippen LogP contribution in [0.5, 0.6) is 0 Å². The average molecular weight is 435 g/mol. The summed E-state index contributed by atoms with van der Waals surface area (Å²) in [6.07, 6.45) is 4.43. The Bertz CT molecular complexity index is 600. The van der Waals surface area contributed by atoms with Crippen LogP contribution in [0.4, 0.5) is 0 Å². The monoisotopic (exact) mass is 435 g/mol. The molecule has 3 nitrogen and oxygen atoms in total. The van der Waals surface area contributed by atoms with Crippen LogP contribution in [0.3, 0.4) is 0 Å². The van der Waals surface area contributed by atoms with E-state index in [4.69, 9.17) is 0 Å². The summed E-state index contributed by atoms with van der Waals surface area (Å²) in [5.74, 6) is 0. The molecular formula is C17H26INO2S. The molecule has 1 unspecified atom stereocenters. The summed E-state index contributed by atoms with van der Waals surface area (Å²) in [5.41, 5.74) is 1.23. The fraction of sp³-hybridized carbons (Fsp3) is 0.647. The summed E-state index contributed by atoms with van der Waals surface area (Å²) in [7, 11) is -3.38. The molecule has 124 valence electrons. The first-order valence-corrected chi connectivity index (χ1v) is 11.0. The van der Waals surface area contributed by atoms with Crippen LogP contribution in [-0.2, 0) is 10.0 Å². The van der Waals surface area contributed by atoms with Crippen molar-refractivity contribution in [1.29, 1.82) is 0 Å². The lowest BCUT2D eigenvalue weighted by Crippen LogP contribution is -2.35. The van der Waals surface area contributed by atoms with Crippen LogP contribution >= 0.6 is 22.6 Å². The minimum absolute atomic E-state index is 0.0814. The van der Waals surface area contributed by atoms with Crippen LogP contribution in [0, 0.1) is 12.3 Å². The van der Waals surface area contributed by atoms with E-state index in [9.17, 15) is 8.42 Å². The Morgan fingerprint density at radius 2 is 1.95 bits per heavy atom. The van der Waals surface area contributed by atoms with Gasteiger partial charge in [-0.1, -0.05) is 60.1 Å². The molecule has 1 aromatic rings. The highest BCUT2D eigenvalue weighted by atomic mass is 127. The van der Waals surface area contributed by atoms with E-state index >= 15 is 0 Å². The molecule has 1 saturated heterocycles. The van der Waals surface area contributed by atoms with Crippen molar-refractivity contribution in [2.24, 2.45) is 5.41 Å². The van der Waals surface area contributed by atoms with Gasteiger partial charge in [-0.3, -0.25) is 0 Å². The highest BCUT2D eigenvalue weighted by Crippen LogP contribution is 2.43. The van der Waals surface area contributed by atoms with Gasteiger partial charge in [0, 0.05) is 17.0 Å². The number of sulfonamides is 1. The Morgan fingerprint density at radius 3 is 2.50 bits per heavy atom. The zero-order valence-electron chi connectivity index (χ0n) is 13.7. The molecule has 1 aliphatic rings. The minimum atomic E-state index is -3.38. The molecule has 5 heteroatoms. The summed E-state index contributed by atoms with van der Waals surface area (Å²) in [6, 6.07) is 7.28. The molecule has 0 bridgehead atoms. The van der Waals surface area contributed by atoms with E-state index in [2.05, 4.69) is 29.5 Å². The number of halogens is 1. The van der Waals surface area contributed by atoms with Crippen molar-refractivity contribution >= 4 is 32.6 Å². The lowest BCUT2D eigenvalue weighted by Gasteiger charge is -2.27. The van der Waals surface area contributed by atoms with Crippen molar-refractivity contribution in [3.05, 3.63) is 29.8 Å². The molecule has 0 saturated carbocycles. The van der Waals surface area contributed by atoms with Crippen molar-refractivity contribution in [2.75, 3.05) is 11.0 Å². The fourth-order valence-electron chi connectivity index (χ4n) is 3.34. The predicted octanol–water partition coefficient (Wildman–Crippen LogP) is 4.39. The SMILES string of the molecule is CCCCC1(CI)C[C@H](C)N(S(=O)(=O)c2ccc(C)cc2)C1. The standard InChI is InChI=1S/C17H26INO2S/c1-4-5-10-17(12-18)11-15(3)19(13-17)22(20,21)16-8-6-14(2)7-9-16/h6-9,15H,4-5,10-13H2,1-3H3/t15-,17?/m0/s1. The van der Waals surface area contributed by atoms with E-state index in [-0.39, 0.29) is 11.5 Å². The van der Waals surface area contributed by atoms with Crippen LogP contribution < -0.4 is 0 Å². The van der Waals surface area contributed by atoms with Gasteiger partial charge in [0.2, 0.25) is 10.0 Å². The molecular weight excluding hydrogens is 409 g/mol. The van der Waals surface area contributed by atoms with Gasteiger partial charge in [0.05, 0.1) is 4.90 Å². The third-order valence-corrected chi connectivity index (χ3v) is 8.28. The van der Waals surface area contributed by atoms with Crippen molar-refractivity contribution < 1.29 is 8.42 Å². The number of aryl methyl sites for hydroxylation is 1. The van der Waals surface area contributed by atoms with Gasteiger partial charge in [0.15, 0.2) is 0 Å². The molecule has 1 heterocycles. The third kappa shape index (κ3) is 3.67. The molecule has 22 heavy (non-hydrogen) atoms. The maximum atomic E-state index is 13.0. The average Bonchev–Trinajstić information content (AvgIpc) is 2.84. The molecule has 0 radical (unpaired) electrons. The van der Waals surface area contributed by atoms with Crippen LogP contribution in [0.25, 0.3) is 0 Å².